The first-order valence-corrected chi connectivity index (χ1v) is 12.9. The summed E-state index contributed by atoms with van der Waals surface area (Å²) >= 11 is 2.57. The van der Waals surface area contributed by atoms with Crippen molar-refractivity contribution in [2.45, 2.75) is 37.2 Å². The van der Waals surface area contributed by atoms with Crippen molar-refractivity contribution in [2.75, 3.05) is 18.6 Å². The second-order valence-electron chi connectivity index (χ2n) is 8.27. The Labute approximate surface area is 208 Å². The molecule has 35 heavy (non-hydrogen) atoms. The van der Waals surface area contributed by atoms with Gasteiger partial charge in [0.1, 0.15) is 29.9 Å². The van der Waals surface area contributed by atoms with Crippen molar-refractivity contribution in [1.82, 2.24) is 15.2 Å². The Morgan fingerprint density at radius 1 is 1.43 bits per heavy atom. The summed E-state index contributed by atoms with van der Waals surface area (Å²) in [6, 6.07) is 3.18. The molecule has 182 valence electrons. The van der Waals surface area contributed by atoms with Gasteiger partial charge in [0.2, 0.25) is 0 Å². The SMILES string of the molecule is CO/N=C(\C(=O)NC1C(=O)N2C(C(=O)O)=C(C[n+]3cccc4c3CCC4)CSC12)c1csc(N)n1. The van der Waals surface area contributed by atoms with Crippen LogP contribution in [-0.4, -0.2) is 62.8 Å². The van der Waals surface area contributed by atoms with Gasteiger partial charge in [-0.15, -0.1) is 23.1 Å². The normalized spacial score (nSPS) is 21.3. The first-order chi connectivity index (χ1) is 16.9. The van der Waals surface area contributed by atoms with E-state index < -0.39 is 29.2 Å². The van der Waals surface area contributed by atoms with Gasteiger partial charge in [0, 0.05) is 34.8 Å². The summed E-state index contributed by atoms with van der Waals surface area (Å²) in [4.78, 5) is 48.2. The molecule has 2 aromatic rings. The Morgan fingerprint density at radius 3 is 2.97 bits per heavy atom. The molecule has 0 bridgehead atoms. The third-order valence-corrected chi connectivity index (χ3v) is 8.21. The lowest BCUT2D eigenvalue weighted by atomic mass is 10.0. The van der Waals surface area contributed by atoms with Gasteiger partial charge in [0.25, 0.3) is 11.8 Å². The number of hydrogen-bond acceptors (Lipinski definition) is 9. The van der Waals surface area contributed by atoms with Crippen LogP contribution in [0, 0.1) is 0 Å². The molecule has 2 atom stereocenters. The summed E-state index contributed by atoms with van der Waals surface area (Å²) < 4.78 is 2.08. The molecule has 2 aromatic heterocycles. The third kappa shape index (κ3) is 4.14. The first kappa shape index (κ1) is 23.3. The van der Waals surface area contributed by atoms with E-state index in [9.17, 15) is 19.5 Å². The average Bonchev–Trinajstić information content (AvgIpc) is 3.49. The summed E-state index contributed by atoms with van der Waals surface area (Å²) in [6.07, 6.45) is 5.01. The standard InChI is InChI=1S/C22H22N6O5S2/c1-33-26-15(13-10-35-22(23)24-13)18(29)25-16-19(30)28-17(21(31)32)12(9-34-20(16)28)8-27-7-3-5-11-4-2-6-14(11)27/h3,5,7,10,16,20H,2,4,6,8-9H2,1H3,(H3-,23,24,25,29,31,32)/p+1/b26-15-. The highest BCUT2D eigenvalue weighted by atomic mass is 32.2. The smallest absolute Gasteiger partial charge is 0.352 e. The molecule has 1 aliphatic carbocycles. The van der Waals surface area contributed by atoms with Crippen molar-refractivity contribution >= 4 is 51.7 Å². The number of pyridine rings is 1. The molecular formula is C22H23N6O5S2+. The highest BCUT2D eigenvalue weighted by Gasteiger charge is 2.55. The zero-order valence-electron chi connectivity index (χ0n) is 18.8. The van der Waals surface area contributed by atoms with Crippen molar-refractivity contribution in [3.8, 4) is 0 Å². The lowest BCUT2D eigenvalue weighted by molar-refractivity contribution is -0.696. The minimum Gasteiger partial charge on any atom is -0.477 e. The topological polar surface area (TPSA) is 151 Å². The largest absolute Gasteiger partial charge is 0.477 e. The zero-order valence-corrected chi connectivity index (χ0v) is 20.4. The van der Waals surface area contributed by atoms with Gasteiger partial charge in [-0.3, -0.25) is 14.5 Å². The van der Waals surface area contributed by atoms with Crippen LogP contribution in [0.3, 0.4) is 0 Å². The van der Waals surface area contributed by atoms with Crippen molar-refractivity contribution in [3.63, 3.8) is 0 Å². The summed E-state index contributed by atoms with van der Waals surface area (Å²) in [5.74, 6) is -1.86. The number of carboxylic acids is 1. The molecule has 0 saturated carbocycles. The van der Waals surface area contributed by atoms with Crippen molar-refractivity contribution in [2.24, 2.45) is 5.16 Å². The van der Waals surface area contributed by atoms with Gasteiger partial charge in [-0.25, -0.2) is 9.78 Å². The van der Waals surface area contributed by atoms with Crippen LogP contribution in [0.15, 0.2) is 40.1 Å². The predicted molar refractivity (Wildman–Crippen MR) is 128 cm³/mol. The fraction of sp³-hybridized carbons (Fsp3) is 0.364. The van der Waals surface area contributed by atoms with E-state index in [4.69, 9.17) is 10.6 Å². The van der Waals surface area contributed by atoms with Crippen LogP contribution in [0.1, 0.15) is 23.4 Å². The van der Waals surface area contributed by atoms with Crippen LogP contribution in [0.4, 0.5) is 5.13 Å². The summed E-state index contributed by atoms with van der Waals surface area (Å²) in [7, 11) is 1.29. The lowest BCUT2D eigenvalue weighted by Crippen LogP contribution is -2.71. The number of nitrogens with one attached hydrogen (secondary N) is 1. The number of hydrogen-bond donors (Lipinski definition) is 3. The number of β-lactam (4-membered cyclic amide) rings is 1. The Balaban J connectivity index is 1.36. The Hall–Kier alpha value is -3.45. The third-order valence-electron chi connectivity index (χ3n) is 6.20. The van der Waals surface area contributed by atoms with Gasteiger partial charge in [0.15, 0.2) is 29.3 Å². The van der Waals surface area contributed by atoms with E-state index in [2.05, 4.69) is 26.1 Å². The van der Waals surface area contributed by atoms with Gasteiger partial charge >= 0.3 is 5.97 Å². The van der Waals surface area contributed by atoms with Gasteiger partial charge < -0.3 is 21.0 Å². The fourth-order valence-corrected chi connectivity index (χ4v) is 6.56. The highest BCUT2D eigenvalue weighted by Crippen LogP contribution is 2.40. The van der Waals surface area contributed by atoms with E-state index in [1.165, 1.54) is 35.0 Å². The quantitative estimate of drug-likeness (QED) is 0.206. The lowest BCUT2D eigenvalue weighted by Gasteiger charge is -2.49. The number of carboxylic acid groups (broad SMARTS) is 1. The zero-order chi connectivity index (χ0) is 24.7. The van der Waals surface area contributed by atoms with Crippen LogP contribution in [0.5, 0.6) is 0 Å². The number of amides is 2. The summed E-state index contributed by atoms with van der Waals surface area (Å²) in [5.41, 5.74) is 8.92. The number of fused-ring (bicyclic) bond motifs is 2. The molecule has 0 aromatic carbocycles. The van der Waals surface area contributed by atoms with Crippen molar-refractivity contribution < 1.29 is 28.9 Å². The number of rotatable bonds is 7. The number of carbonyl (C=O) groups is 3. The Kier molecular flexibility index (Phi) is 6.19. The number of nitrogens with zero attached hydrogens (tertiary/aromatic N) is 4. The number of aliphatic carboxylic acids is 1. The van der Waals surface area contributed by atoms with Gasteiger partial charge in [0.05, 0.1) is 0 Å². The van der Waals surface area contributed by atoms with E-state index in [1.807, 2.05) is 12.3 Å². The predicted octanol–water partition coefficient (Wildman–Crippen LogP) is 0.291. The number of oxime groups is 1. The Bertz CT molecular complexity index is 1290. The van der Waals surface area contributed by atoms with Gasteiger partial charge in [-0.1, -0.05) is 5.16 Å². The molecular weight excluding hydrogens is 492 g/mol. The van der Waals surface area contributed by atoms with Crippen LogP contribution in [-0.2, 0) is 38.6 Å². The van der Waals surface area contributed by atoms with Crippen molar-refractivity contribution in [1.29, 1.82) is 0 Å². The van der Waals surface area contributed by atoms with E-state index in [-0.39, 0.29) is 22.2 Å². The average molecular weight is 516 g/mol. The van der Waals surface area contributed by atoms with Crippen LogP contribution in [0.2, 0.25) is 0 Å². The maximum absolute atomic E-state index is 13.0. The van der Waals surface area contributed by atoms with Gasteiger partial charge in [-0.2, -0.15) is 4.57 Å². The second kappa shape index (κ2) is 9.30. The molecule has 1 fully saturated rings. The number of aromatic nitrogens is 2. The first-order valence-electron chi connectivity index (χ1n) is 10.9. The van der Waals surface area contributed by atoms with Crippen LogP contribution >= 0.6 is 23.1 Å². The maximum Gasteiger partial charge on any atom is 0.352 e. The van der Waals surface area contributed by atoms with Crippen LogP contribution in [0.25, 0.3) is 0 Å². The molecule has 4 heterocycles. The summed E-state index contributed by atoms with van der Waals surface area (Å²) in [5, 5.41) is 17.7. The molecule has 2 amide bonds. The van der Waals surface area contributed by atoms with E-state index in [0.717, 1.165) is 30.6 Å². The number of aryl methyl sites for hydroxylation is 1. The van der Waals surface area contributed by atoms with E-state index in [0.29, 0.717) is 17.9 Å². The maximum atomic E-state index is 13.0. The molecule has 5 rings (SSSR count). The molecule has 4 N–H and O–H groups in total. The minimum absolute atomic E-state index is 0.00888. The highest BCUT2D eigenvalue weighted by molar-refractivity contribution is 8.00. The number of anilines is 1. The monoisotopic (exact) mass is 515 g/mol. The molecule has 13 heteroatoms. The molecule has 0 radical (unpaired) electrons. The van der Waals surface area contributed by atoms with Gasteiger partial charge in [-0.05, 0) is 18.9 Å². The van der Waals surface area contributed by atoms with Crippen molar-refractivity contribution in [3.05, 3.63) is 51.9 Å². The van der Waals surface area contributed by atoms with E-state index >= 15 is 0 Å². The molecule has 1 saturated heterocycles. The Morgan fingerprint density at radius 2 is 2.26 bits per heavy atom. The second-order valence-corrected chi connectivity index (χ2v) is 10.3. The fourth-order valence-electron chi connectivity index (χ4n) is 4.67. The van der Waals surface area contributed by atoms with E-state index in [1.54, 1.807) is 5.38 Å². The molecule has 2 unspecified atom stereocenters. The minimum atomic E-state index is -1.16. The number of thiazole rings is 1. The molecule has 0 spiro atoms. The number of carbonyl (C=O) groups excluding carboxylic acids is 2. The molecule has 3 aliphatic rings. The molecule has 2 aliphatic heterocycles. The summed E-state index contributed by atoms with van der Waals surface area (Å²) in [6.45, 7) is 0.404. The number of nitrogens with two attached hydrogens (primary N) is 1. The van der Waals surface area contributed by atoms with Crippen LogP contribution < -0.4 is 15.6 Å². The number of nitrogen functional groups attached to an aromatic ring is 1. The number of thioether (sulfide) groups is 1. The molecule has 11 nitrogen and oxygen atoms in total.